The molecule has 0 bridgehead atoms. The van der Waals surface area contributed by atoms with E-state index in [1.165, 1.54) is 21.3 Å². The van der Waals surface area contributed by atoms with Crippen molar-refractivity contribution in [2.45, 2.75) is 20.4 Å². The topological polar surface area (TPSA) is 80.9 Å². The largest absolute Gasteiger partial charge is 0.493 e. The van der Waals surface area contributed by atoms with Crippen molar-refractivity contribution in [3.63, 3.8) is 0 Å². The summed E-state index contributed by atoms with van der Waals surface area (Å²) in [5.41, 5.74) is 4.03. The standard InChI is InChI=1S/C28H28N2O5/c1-17-10-11-23(18(2)12-17)30(16-21-13-19-8-6-7-9-22(19)29-27(21)31)28(32)20-14-24(33-3)26(35-5)25(15-20)34-4/h6-15H,16H2,1-5H3,(H,29,31). The average molecular weight is 473 g/mol. The first-order valence-corrected chi connectivity index (χ1v) is 11.2. The van der Waals surface area contributed by atoms with Crippen LogP contribution in [0.5, 0.6) is 17.2 Å². The molecule has 35 heavy (non-hydrogen) atoms. The van der Waals surface area contributed by atoms with Crippen LogP contribution < -0.4 is 24.7 Å². The molecule has 0 fully saturated rings. The van der Waals surface area contributed by atoms with Gasteiger partial charge in [0, 0.05) is 22.3 Å². The van der Waals surface area contributed by atoms with Gasteiger partial charge in [-0.05, 0) is 55.1 Å². The van der Waals surface area contributed by atoms with E-state index in [4.69, 9.17) is 14.2 Å². The lowest BCUT2D eigenvalue weighted by Crippen LogP contribution is -2.33. The predicted molar refractivity (Wildman–Crippen MR) is 137 cm³/mol. The van der Waals surface area contributed by atoms with Crippen LogP contribution in [0.3, 0.4) is 0 Å². The molecule has 7 nitrogen and oxygen atoms in total. The molecule has 4 rings (SSSR count). The van der Waals surface area contributed by atoms with Crippen LogP contribution in [-0.2, 0) is 6.54 Å². The van der Waals surface area contributed by atoms with Gasteiger partial charge in [0.25, 0.3) is 11.5 Å². The number of benzene rings is 3. The summed E-state index contributed by atoms with van der Waals surface area (Å²) >= 11 is 0. The molecule has 0 aliphatic heterocycles. The van der Waals surface area contributed by atoms with E-state index in [0.29, 0.717) is 34.1 Å². The van der Waals surface area contributed by atoms with Crippen LogP contribution in [0.2, 0.25) is 0 Å². The Morgan fingerprint density at radius 2 is 1.57 bits per heavy atom. The molecule has 0 spiro atoms. The van der Waals surface area contributed by atoms with E-state index in [0.717, 1.165) is 22.0 Å². The lowest BCUT2D eigenvalue weighted by molar-refractivity contribution is 0.0984. The van der Waals surface area contributed by atoms with Crippen LogP contribution in [0.4, 0.5) is 5.69 Å². The number of hydrogen-bond donors (Lipinski definition) is 1. The molecule has 180 valence electrons. The second kappa shape index (κ2) is 9.93. The highest BCUT2D eigenvalue weighted by Gasteiger charge is 2.24. The fraction of sp³-hybridized carbons (Fsp3) is 0.214. The maximum atomic E-state index is 14.0. The number of H-pyrrole nitrogens is 1. The summed E-state index contributed by atoms with van der Waals surface area (Å²) in [4.78, 5) is 31.4. The first-order valence-electron chi connectivity index (χ1n) is 11.2. The molecule has 1 N–H and O–H groups in total. The van der Waals surface area contributed by atoms with Crippen LogP contribution >= 0.6 is 0 Å². The first kappa shape index (κ1) is 23.9. The van der Waals surface area contributed by atoms with Crippen molar-refractivity contribution in [2.75, 3.05) is 26.2 Å². The van der Waals surface area contributed by atoms with Crippen molar-refractivity contribution in [1.82, 2.24) is 4.98 Å². The van der Waals surface area contributed by atoms with Gasteiger partial charge in [-0.3, -0.25) is 9.59 Å². The van der Waals surface area contributed by atoms with Gasteiger partial charge in [-0.1, -0.05) is 35.9 Å². The minimum Gasteiger partial charge on any atom is -0.493 e. The smallest absolute Gasteiger partial charge is 0.258 e. The summed E-state index contributed by atoms with van der Waals surface area (Å²) in [6.45, 7) is 4.03. The number of ether oxygens (including phenoxy) is 3. The number of hydrogen-bond acceptors (Lipinski definition) is 5. The number of amides is 1. The van der Waals surface area contributed by atoms with E-state index in [1.54, 1.807) is 17.0 Å². The average Bonchev–Trinajstić information content (AvgIpc) is 2.86. The minimum absolute atomic E-state index is 0.0829. The summed E-state index contributed by atoms with van der Waals surface area (Å²) in [6, 6.07) is 18.5. The van der Waals surface area contributed by atoms with E-state index in [-0.39, 0.29) is 18.0 Å². The highest BCUT2D eigenvalue weighted by Crippen LogP contribution is 2.39. The Bertz CT molecular complexity index is 1430. The Balaban J connectivity index is 1.85. The molecule has 0 radical (unpaired) electrons. The molecule has 0 atom stereocenters. The van der Waals surface area contributed by atoms with Gasteiger partial charge >= 0.3 is 0 Å². The molecule has 3 aromatic carbocycles. The van der Waals surface area contributed by atoms with Gasteiger partial charge in [0.1, 0.15) is 0 Å². The van der Waals surface area contributed by atoms with Gasteiger partial charge < -0.3 is 24.1 Å². The summed E-state index contributed by atoms with van der Waals surface area (Å²) < 4.78 is 16.3. The molecule has 1 heterocycles. The number of carbonyl (C=O) groups is 1. The highest BCUT2D eigenvalue weighted by atomic mass is 16.5. The number of nitrogens with one attached hydrogen (secondary N) is 1. The van der Waals surface area contributed by atoms with Gasteiger partial charge in [-0.2, -0.15) is 0 Å². The Kier molecular flexibility index (Phi) is 6.78. The molecule has 0 unspecified atom stereocenters. The minimum atomic E-state index is -0.302. The van der Waals surface area contributed by atoms with E-state index >= 15 is 0 Å². The number of rotatable bonds is 7. The maximum Gasteiger partial charge on any atom is 0.258 e. The van der Waals surface area contributed by atoms with Crippen molar-refractivity contribution in [2.24, 2.45) is 0 Å². The van der Waals surface area contributed by atoms with Crippen molar-refractivity contribution in [3.05, 3.63) is 93.3 Å². The van der Waals surface area contributed by atoms with Gasteiger partial charge in [0.05, 0.1) is 27.9 Å². The molecule has 7 heteroatoms. The quantitative estimate of drug-likeness (QED) is 0.409. The molecule has 1 aromatic heterocycles. The fourth-order valence-electron chi connectivity index (χ4n) is 4.22. The summed E-state index contributed by atoms with van der Waals surface area (Å²) in [7, 11) is 4.51. The van der Waals surface area contributed by atoms with Crippen LogP contribution in [0.25, 0.3) is 10.9 Å². The number of anilines is 1. The number of methoxy groups -OCH3 is 3. The Labute approximate surface area is 203 Å². The number of fused-ring (bicyclic) bond motifs is 1. The number of nitrogens with zero attached hydrogens (tertiary/aromatic N) is 1. The third-order valence-corrected chi connectivity index (χ3v) is 5.96. The third kappa shape index (κ3) is 4.71. The van der Waals surface area contributed by atoms with Crippen molar-refractivity contribution < 1.29 is 19.0 Å². The van der Waals surface area contributed by atoms with Crippen LogP contribution in [0.1, 0.15) is 27.0 Å². The molecular formula is C28H28N2O5. The van der Waals surface area contributed by atoms with Gasteiger partial charge in [-0.25, -0.2) is 0 Å². The van der Waals surface area contributed by atoms with E-state index in [9.17, 15) is 9.59 Å². The molecule has 0 saturated heterocycles. The summed E-state index contributed by atoms with van der Waals surface area (Å²) in [5, 5.41) is 0.892. The SMILES string of the molecule is COc1cc(C(=O)N(Cc2cc3ccccc3[nH]c2=O)c2ccc(C)cc2C)cc(OC)c1OC. The van der Waals surface area contributed by atoms with Crippen LogP contribution in [0.15, 0.2) is 65.5 Å². The zero-order valence-electron chi connectivity index (χ0n) is 20.5. The van der Waals surface area contributed by atoms with Crippen molar-refractivity contribution >= 4 is 22.5 Å². The van der Waals surface area contributed by atoms with E-state index in [2.05, 4.69) is 4.98 Å². The summed E-state index contributed by atoms with van der Waals surface area (Å²) in [6.07, 6.45) is 0. The van der Waals surface area contributed by atoms with E-state index < -0.39 is 0 Å². The second-order valence-corrected chi connectivity index (χ2v) is 8.31. The predicted octanol–water partition coefficient (Wildman–Crippen LogP) is 5.02. The molecule has 1 amide bonds. The molecule has 0 saturated carbocycles. The number of aromatic amines is 1. The Morgan fingerprint density at radius 3 is 2.20 bits per heavy atom. The lowest BCUT2D eigenvalue weighted by atomic mass is 10.1. The first-order chi connectivity index (χ1) is 16.9. The van der Waals surface area contributed by atoms with E-state index in [1.807, 2.05) is 62.4 Å². The third-order valence-electron chi connectivity index (χ3n) is 5.96. The van der Waals surface area contributed by atoms with Crippen molar-refractivity contribution in [1.29, 1.82) is 0 Å². The number of para-hydroxylation sites is 1. The number of aromatic nitrogens is 1. The maximum absolute atomic E-state index is 14.0. The lowest BCUT2D eigenvalue weighted by Gasteiger charge is -2.26. The molecule has 4 aromatic rings. The Morgan fingerprint density at radius 1 is 0.886 bits per heavy atom. The normalized spacial score (nSPS) is 10.8. The van der Waals surface area contributed by atoms with Gasteiger partial charge in [-0.15, -0.1) is 0 Å². The number of aryl methyl sites for hydroxylation is 2. The zero-order chi connectivity index (χ0) is 25.1. The van der Waals surface area contributed by atoms with Crippen molar-refractivity contribution in [3.8, 4) is 17.2 Å². The number of carbonyl (C=O) groups excluding carboxylic acids is 1. The molecular weight excluding hydrogens is 444 g/mol. The fourth-order valence-corrected chi connectivity index (χ4v) is 4.22. The van der Waals surface area contributed by atoms with Crippen LogP contribution in [-0.4, -0.2) is 32.2 Å². The Hall–Kier alpha value is -4.26. The highest BCUT2D eigenvalue weighted by molar-refractivity contribution is 6.07. The molecule has 0 aliphatic rings. The monoisotopic (exact) mass is 472 g/mol. The number of pyridine rings is 1. The molecule has 0 aliphatic carbocycles. The van der Waals surface area contributed by atoms with Gasteiger partial charge in [0.2, 0.25) is 5.75 Å². The van der Waals surface area contributed by atoms with Crippen LogP contribution in [0, 0.1) is 13.8 Å². The summed E-state index contributed by atoms with van der Waals surface area (Å²) in [5.74, 6) is 0.845. The van der Waals surface area contributed by atoms with Gasteiger partial charge in [0.15, 0.2) is 11.5 Å². The zero-order valence-corrected chi connectivity index (χ0v) is 20.5. The second-order valence-electron chi connectivity index (χ2n) is 8.31.